The first-order valence-corrected chi connectivity index (χ1v) is 13.0. The molecular weight excluding hydrogens is 482 g/mol. The molecule has 6 unspecified atom stereocenters. The first kappa shape index (κ1) is 25.7. The lowest BCUT2D eigenvalue weighted by molar-refractivity contribution is -0.199. The van der Waals surface area contributed by atoms with E-state index in [-0.39, 0.29) is 29.8 Å². The van der Waals surface area contributed by atoms with Crippen molar-refractivity contribution < 1.29 is 13.2 Å². The lowest BCUT2D eigenvalue weighted by Crippen LogP contribution is -2.56. The van der Waals surface area contributed by atoms with Crippen LogP contribution in [0.2, 0.25) is 10.2 Å². The van der Waals surface area contributed by atoms with E-state index in [0.717, 1.165) is 47.8 Å². The second-order valence-electron chi connectivity index (χ2n) is 10.3. The van der Waals surface area contributed by atoms with E-state index >= 15 is 0 Å². The van der Waals surface area contributed by atoms with E-state index in [0.29, 0.717) is 23.0 Å². The summed E-state index contributed by atoms with van der Waals surface area (Å²) in [4.78, 5) is 2.38. The molecule has 0 N–H and O–H groups in total. The standard InChI is InChI=1S/C26H34Cl2F3N3/c1-6-17-13-20-18(15(3)26(29,30)31)8-7-9-19(20)16(4)34(17)14(2)12-21-22(27)10-11-23-24(21)25(28)32-33(23)5/h10-11,15-20H,2,6-9,12-13H2,1,3-5H3. The van der Waals surface area contributed by atoms with Gasteiger partial charge in [0.15, 0.2) is 5.15 Å². The molecule has 1 aliphatic heterocycles. The lowest BCUT2D eigenvalue weighted by atomic mass is 9.61. The first-order chi connectivity index (χ1) is 16.0. The maximum atomic E-state index is 13.7. The molecule has 0 radical (unpaired) electrons. The quantitative estimate of drug-likeness (QED) is 0.401. The minimum atomic E-state index is -4.14. The highest BCUT2D eigenvalue weighted by molar-refractivity contribution is 6.36. The van der Waals surface area contributed by atoms with Crippen molar-refractivity contribution in [2.75, 3.05) is 0 Å². The number of allylic oxidation sites excluding steroid dienone is 1. The van der Waals surface area contributed by atoms with Gasteiger partial charge < -0.3 is 4.90 Å². The molecule has 3 nitrogen and oxygen atoms in total. The van der Waals surface area contributed by atoms with Gasteiger partial charge in [-0.05, 0) is 68.1 Å². The number of benzene rings is 1. The van der Waals surface area contributed by atoms with E-state index in [1.807, 2.05) is 19.2 Å². The zero-order chi connectivity index (χ0) is 24.9. The Balaban J connectivity index is 1.63. The van der Waals surface area contributed by atoms with Crippen molar-refractivity contribution in [1.82, 2.24) is 14.7 Å². The Kier molecular flexibility index (Phi) is 7.23. The van der Waals surface area contributed by atoms with Gasteiger partial charge in [0.05, 0.1) is 11.4 Å². The fraction of sp³-hybridized carbons (Fsp3) is 0.654. The molecule has 0 spiro atoms. The highest BCUT2D eigenvalue weighted by Crippen LogP contribution is 2.51. The molecule has 2 aromatic rings. The van der Waals surface area contributed by atoms with Gasteiger partial charge in [-0.1, -0.05) is 50.0 Å². The number of halogens is 5. The molecule has 1 saturated carbocycles. The topological polar surface area (TPSA) is 21.1 Å². The number of alkyl halides is 3. The van der Waals surface area contributed by atoms with Crippen molar-refractivity contribution in [2.45, 2.75) is 77.6 Å². The normalized spacial score (nSPS) is 28.7. The third-order valence-corrected chi connectivity index (χ3v) is 9.19. The van der Waals surface area contributed by atoms with Crippen LogP contribution in [0.25, 0.3) is 10.9 Å². The zero-order valence-corrected chi connectivity index (χ0v) is 21.8. The highest BCUT2D eigenvalue weighted by Gasteiger charge is 2.51. The summed E-state index contributed by atoms with van der Waals surface area (Å²) < 4.78 is 42.7. The average molecular weight is 516 g/mol. The number of hydrogen-bond donors (Lipinski definition) is 0. The summed E-state index contributed by atoms with van der Waals surface area (Å²) in [5.41, 5.74) is 2.75. The van der Waals surface area contributed by atoms with Gasteiger partial charge in [-0.3, -0.25) is 4.68 Å². The summed E-state index contributed by atoms with van der Waals surface area (Å²) in [5.74, 6) is -1.24. The van der Waals surface area contributed by atoms with E-state index in [2.05, 4.69) is 30.4 Å². The largest absolute Gasteiger partial charge is 0.391 e. The second-order valence-corrected chi connectivity index (χ2v) is 11.0. The number of fused-ring (bicyclic) bond motifs is 2. The highest BCUT2D eigenvalue weighted by atomic mass is 35.5. The minimum absolute atomic E-state index is 0.0918. The first-order valence-electron chi connectivity index (χ1n) is 12.3. The Morgan fingerprint density at radius 2 is 1.94 bits per heavy atom. The Morgan fingerprint density at radius 1 is 1.24 bits per heavy atom. The molecule has 6 atom stereocenters. The van der Waals surface area contributed by atoms with E-state index in [9.17, 15) is 13.2 Å². The van der Waals surface area contributed by atoms with Crippen molar-refractivity contribution >= 4 is 34.1 Å². The number of hydrogen-bond acceptors (Lipinski definition) is 2. The zero-order valence-electron chi connectivity index (χ0n) is 20.3. The molecule has 188 valence electrons. The molecule has 1 aromatic carbocycles. The van der Waals surface area contributed by atoms with Crippen LogP contribution >= 0.6 is 23.2 Å². The average Bonchev–Trinajstić information content (AvgIpc) is 3.07. The molecule has 8 heteroatoms. The Bertz CT molecular complexity index is 1060. The number of likely N-dealkylation sites (tertiary alicyclic amines) is 1. The molecule has 2 fully saturated rings. The summed E-state index contributed by atoms with van der Waals surface area (Å²) in [6.45, 7) is 10.1. The van der Waals surface area contributed by atoms with Gasteiger partial charge >= 0.3 is 6.18 Å². The third kappa shape index (κ3) is 4.45. The monoisotopic (exact) mass is 515 g/mol. The number of nitrogens with zero attached hydrogens (tertiary/aromatic N) is 3. The van der Waals surface area contributed by atoms with Gasteiger partial charge in [-0.25, -0.2) is 0 Å². The van der Waals surface area contributed by atoms with Crippen LogP contribution in [0.5, 0.6) is 0 Å². The van der Waals surface area contributed by atoms with Gasteiger partial charge in [0.1, 0.15) is 0 Å². The fourth-order valence-electron chi connectivity index (χ4n) is 6.84. The van der Waals surface area contributed by atoms with Crippen LogP contribution in [0.15, 0.2) is 24.4 Å². The van der Waals surface area contributed by atoms with Crippen molar-refractivity contribution in [3.8, 4) is 0 Å². The van der Waals surface area contributed by atoms with E-state index in [4.69, 9.17) is 23.2 Å². The van der Waals surface area contributed by atoms with Gasteiger partial charge in [0.25, 0.3) is 0 Å². The van der Waals surface area contributed by atoms with Crippen LogP contribution in [-0.2, 0) is 13.5 Å². The molecule has 1 aromatic heterocycles. The molecule has 34 heavy (non-hydrogen) atoms. The second kappa shape index (κ2) is 9.57. The van der Waals surface area contributed by atoms with Crippen LogP contribution < -0.4 is 0 Å². The molecular formula is C26H34Cl2F3N3. The maximum Gasteiger partial charge on any atom is 0.391 e. The molecule has 1 saturated heterocycles. The number of aromatic nitrogens is 2. The van der Waals surface area contributed by atoms with Gasteiger partial charge in [0.2, 0.25) is 0 Å². The van der Waals surface area contributed by atoms with E-state index < -0.39 is 12.1 Å². The van der Waals surface area contributed by atoms with Crippen LogP contribution in [0.1, 0.15) is 58.4 Å². The van der Waals surface area contributed by atoms with E-state index in [1.54, 1.807) is 4.68 Å². The molecule has 2 aliphatic rings. The molecule has 2 heterocycles. The summed E-state index contributed by atoms with van der Waals surface area (Å²) in [6, 6.07) is 4.06. The maximum absolute atomic E-state index is 13.7. The lowest BCUT2D eigenvalue weighted by Gasteiger charge is -2.55. The molecule has 0 bridgehead atoms. The number of aryl methyl sites for hydroxylation is 1. The van der Waals surface area contributed by atoms with Gasteiger partial charge in [0, 0.05) is 41.7 Å². The van der Waals surface area contributed by atoms with Crippen LogP contribution in [-0.4, -0.2) is 32.9 Å². The van der Waals surface area contributed by atoms with Crippen molar-refractivity contribution in [3.05, 3.63) is 40.1 Å². The summed E-state index contributed by atoms with van der Waals surface area (Å²) in [5, 5.41) is 6.22. The smallest absolute Gasteiger partial charge is 0.369 e. The Hall–Kier alpha value is -1.40. The minimum Gasteiger partial charge on any atom is -0.369 e. The van der Waals surface area contributed by atoms with E-state index in [1.165, 1.54) is 6.92 Å². The van der Waals surface area contributed by atoms with Crippen molar-refractivity contribution in [1.29, 1.82) is 0 Å². The summed E-state index contributed by atoms with van der Waals surface area (Å²) in [7, 11) is 1.85. The van der Waals surface area contributed by atoms with Crippen molar-refractivity contribution in [3.63, 3.8) is 0 Å². The summed E-state index contributed by atoms with van der Waals surface area (Å²) >= 11 is 13.1. The van der Waals surface area contributed by atoms with Crippen LogP contribution in [0.4, 0.5) is 13.2 Å². The summed E-state index contributed by atoms with van der Waals surface area (Å²) in [6.07, 6.45) is 0.524. The van der Waals surface area contributed by atoms with Gasteiger partial charge in [-0.2, -0.15) is 18.3 Å². The fourth-order valence-corrected chi connectivity index (χ4v) is 7.39. The van der Waals surface area contributed by atoms with Crippen LogP contribution in [0.3, 0.4) is 0 Å². The number of piperidine rings is 1. The molecule has 0 amide bonds. The molecule has 4 rings (SSSR count). The van der Waals surface area contributed by atoms with Crippen molar-refractivity contribution in [2.24, 2.45) is 30.7 Å². The molecule has 1 aliphatic carbocycles. The SMILES string of the molecule is C=C(Cc1c(Cl)ccc2c1c(Cl)nn2C)N1C(CC)CC2C(CCCC2C(C)C(F)(F)F)C1C. The Morgan fingerprint density at radius 3 is 2.59 bits per heavy atom. The Labute approximate surface area is 210 Å². The predicted molar refractivity (Wildman–Crippen MR) is 133 cm³/mol. The third-order valence-electron chi connectivity index (χ3n) is 8.57. The van der Waals surface area contributed by atoms with Gasteiger partial charge in [-0.15, -0.1) is 0 Å². The number of rotatable bonds is 5. The van der Waals surface area contributed by atoms with Crippen LogP contribution in [0, 0.1) is 23.7 Å². The predicted octanol–water partition coefficient (Wildman–Crippen LogP) is 8.04.